The van der Waals surface area contributed by atoms with Crippen molar-refractivity contribution in [1.29, 1.82) is 0 Å². The van der Waals surface area contributed by atoms with E-state index in [1.54, 1.807) is 21.3 Å². The summed E-state index contributed by atoms with van der Waals surface area (Å²) in [6.07, 6.45) is 2.36. The zero-order valence-electron chi connectivity index (χ0n) is 19.4. The number of methoxy groups -OCH3 is 3. The smallest absolute Gasteiger partial charge is 0.231 e. The van der Waals surface area contributed by atoms with Crippen molar-refractivity contribution < 1.29 is 28.4 Å². The Morgan fingerprint density at radius 1 is 0.875 bits per heavy atom. The third-order valence-corrected chi connectivity index (χ3v) is 7.30. The molecule has 3 atom stereocenters. The normalized spacial score (nSPS) is 26.4. The van der Waals surface area contributed by atoms with E-state index in [-0.39, 0.29) is 18.6 Å². The van der Waals surface area contributed by atoms with Gasteiger partial charge in [-0.05, 0) is 25.8 Å². The van der Waals surface area contributed by atoms with E-state index in [0.29, 0.717) is 5.75 Å². The first-order chi connectivity index (χ1) is 15.5. The van der Waals surface area contributed by atoms with Gasteiger partial charge in [-0.3, -0.25) is 4.90 Å². The predicted molar refractivity (Wildman–Crippen MR) is 120 cm³/mol. The Kier molecular flexibility index (Phi) is 5.24. The molecule has 0 saturated carbocycles. The third kappa shape index (κ3) is 3.13. The van der Waals surface area contributed by atoms with Crippen LogP contribution in [-0.4, -0.2) is 51.8 Å². The van der Waals surface area contributed by atoms with Gasteiger partial charge in [0, 0.05) is 54.3 Å². The molecule has 0 aromatic heterocycles. The molecule has 0 aliphatic carbocycles. The first kappa shape index (κ1) is 21.1. The molecule has 172 valence electrons. The molecule has 0 amide bonds. The molecular formula is C25H31NO6. The van der Waals surface area contributed by atoms with Gasteiger partial charge in [-0.2, -0.15) is 0 Å². The molecule has 1 unspecified atom stereocenters. The highest BCUT2D eigenvalue weighted by Gasteiger charge is 2.51. The Morgan fingerprint density at radius 2 is 1.50 bits per heavy atom. The summed E-state index contributed by atoms with van der Waals surface area (Å²) in [5.74, 6) is 4.47. The summed E-state index contributed by atoms with van der Waals surface area (Å²) in [4.78, 5) is 2.46. The van der Waals surface area contributed by atoms with E-state index in [1.165, 1.54) is 12.8 Å². The topological polar surface area (TPSA) is 58.6 Å². The molecule has 0 N–H and O–H groups in total. The molecule has 3 aliphatic rings. The minimum absolute atomic E-state index is 0.0466. The quantitative estimate of drug-likeness (QED) is 0.681. The van der Waals surface area contributed by atoms with Crippen molar-refractivity contribution in [2.24, 2.45) is 5.92 Å². The highest BCUT2D eigenvalue weighted by Crippen LogP contribution is 2.56. The van der Waals surface area contributed by atoms with Crippen LogP contribution < -0.4 is 28.4 Å². The number of rotatable bonds is 5. The maximum Gasteiger partial charge on any atom is 0.231 e. The van der Waals surface area contributed by atoms with E-state index in [2.05, 4.69) is 18.7 Å². The van der Waals surface area contributed by atoms with Gasteiger partial charge in [0.25, 0.3) is 0 Å². The fourth-order valence-electron chi connectivity index (χ4n) is 5.42. The molecule has 0 bridgehead atoms. The SMILES string of the molecule is COc1cc(OC)c([C@@H]2c3cc4c(cc3OC(C)(N3CCCC3)[C@H]2C)OCO4)c(OC)c1. The Hall–Kier alpha value is -2.80. The lowest BCUT2D eigenvalue weighted by molar-refractivity contribution is -0.114. The summed E-state index contributed by atoms with van der Waals surface area (Å²) in [5.41, 5.74) is 1.54. The largest absolute Gasteiger partial charge is 0.496 e. The van der Waals surface area contributed by atoms with Gasteiger partial charge < -0.3 is 28.4 Å². The number of hydrogen-bond donors (Lipinski definition) is 0. The summed E-state index contributed by atoms with van der Waals surface area (Å²) < 4.78 is 35.4. The molecular weight excluding hydrogens is 410 g/mol. The van der Waals surface area contributed by atoms with Crippen molar-refractivity contribution in [3.63, 3.8) is 0 Å². The fraction of sp³-hybridized carbons (Fsp3) is 0.520. The molecule has 32 heavy (non-hydrogen) atoms. The molecule has 0 radical (unpaired) electrons. The van der Waals surface area contributed by atoms with Gasteiger partial charge in [0.05, 0.1) is 21.3 Å². The number of nitrogens with zero attached hydrogens (tertiary/aromatic N) is 1. The molecule has 1 saturated heterocycles. The average Bonchev–Trinajstić information content (AvgIpc) is 3.50. The molecule has 3 aliphatic heterocycles. The summed E-state index contributed by atoms with van der Waals surface area (Å²) in [6.45, 7) is 6.71. The van der Waals surface area contributed by atoms with Crippen LogP contribution in [0.1, 0.15) is 43.7 Å². The zero-order valence-corrected chi connectivity index (χ0v) is 19.4. The summed E-state index contributed by atoms with van der Waals surface area (Å²) in [6, 6.07) is 7.85. The van der Waals surface area contributed by atoms with E-state index in [9.17, 15) is 0 Å². The van der Waals surface area contributed by atoms with Crippen molar-refractivity contribution in [3.8, 4) is 34.5 Å². The first-order valence-corrected chi connectivity index (χ1v) is 11.2. The van der Waals surface area contributed by atoms with Crippen LogP contribution >= 0.6 is 0 Å². The van der Waals surface area contributed by atoms with Crippen LogP contribution in [0.4, 0.5) is 0 Å². The second kappa shape index (κ2) is 7.96. The fourth-order valence-corrected chi connectivity index (χ4v) is 5.42. The summed E-state index contributed by atoms with van der Waals surface area (Å²) in [5, 5.41) is 0. The maximum absolute atomic E-state index is 6.77. The lowest BCUT2D eigenvalue weighted by Gasteiger charge is -2.50. The van der Waals surface area contributed by atoms with Gasteiger partial charge in [-0.1, -0.05) is 6.92 Å². The Labute approximate surface area is 189 Å². The molecule has 0 spiro atoms. The van der Waals surface area contributed by atoms with Crippen LogP contribution in [0.3, 0.4) is 0 Å². The number of benzene rings is 2. The van der Waals surface area contributed by atoms with Crippen LogP contribution in [0, 0.1) is 5.92 Å². The van der Waals surface area contributed by atoms with Crippen molar-refractivity contribution >= 4 is 0 Å². The van der Waals surface area contributed by atoms with Crippen LogP contribution in [0.15, 0.2) is 24.3 Å². The summed E-state index contributed by atoms with van der Waals surface area (Å²) in [7, 11) is 5.01. The Balaban J connectivity index is 1.74. The van der Waals surface area contributed by atoms with E-state index >= 15 is 0 Å². The minimum Gasteiger partial charge on any atom is -0.496 e. The average molecular weight is 442 g/mol. The van der Waals surface area contributed by atoms with Crippen molar-refractivity contribution in [3.05, 3.63) is 35.4 Å². The van der Waals surface area contributed by atoms with Crippen LogP contribution in [0.2, 0.25) is 0 Å². The molecule has 3 heterocycles. The molecule has 7 nitrogen and oxygen atoms in total. The van der Waals surface area contributed by atoms with Crippen LogP contribution in [0.25, 0.3) is 0 Å². The van der Waals surface area contributed by atoms with Gasteiger partial charge in [0.1, 0.15) is 23.0 Å². The molecule has 7 heteroatoms. The number of hydrogen-bond acceptors (Lipinski definition) is 7. The van der Waals surface area contributed by atoms with Gasteiger partial charge in [0.15, 0.2) is 17.2 Å². The van der Waals surface area contributed by atoms with E-state index in [1.807, 2.05) is 24.3 Å². The Morgan fingerprint density at radius 3 is 2.09 bits per heavy atom. The van der Waals surface area contributed by atoms with Crippen molar-refractivity contribution in [1.82, 2.24) is 4.90 Å². The maximum atomic E-state index is 6.77. The number of ether oxygens (including phenoxy) is 6. The van der Waals surface area contributed by atoms with Crippen molar-refractivity contribution in [2.75, 3.05) is 41.2 Å². The lowest BCUT2D eigenvalue weighted by atomic mass is 9.73. The molecule has 1 fully saturated rings. The molecule has 5 rings (SSSR count). The highest BCUT2D eigenvalue weighted by atomic mass is 16.7. The second-order valence-electron chi connectivity index (χ2n) is 8.81. The highest BCUT2D eigenvalue weighted by molar-refractivity contribution is 5.61. The first-order valence-electron chi connectivity index (χ1n) is 11.2. The van der Waals surface area contributed by atoms with Gasteiger partial charge >= 0.3 is 0 Å². The van der Waals surface area contributed by atoms with Gasteiger partial charge in [-0.25, -0.2) is 0 Å². The lowest BCUT2D eigenvalue weighted by Crippen LogP contribution is -2.57. The van der Waals surface area contributed by atoms with E-state index < -0.39 is 5.72 Å². The number of fused-ring (bicyclic) bond motifs is 2. The second-order valence-corrected chi connectivity index (χ2v) is 8.81. The van der Waals surface area contributed by atoms with Gasteiger partial charge in [-0.15, -0.1) is 0 Å². The Bertz CT molecular complexity index is 993. The summed E-state index contributed by atoms with van der Waals surface area (Å²) >= 11 is 0. The molecule has 2 aromatic carbocycles. The van der Waals surface area contributed by atoms with E-state index in [4.69, 9.17) is 28.4 Å². The number of likely N-dealkylation sites (tertiary alicyclic amines) is 1. The zero-order chi connectivity index (χ0) is 22.5. The third-order valence-electron chi connectivity index (χ3n) is 7.30. The minimum atomic E-state index is -0.488. The van der Waals surface area contributed by atoms with Crippen LogP contribution in [0.5, 0.6) is 34.5 Å². The monoisotopic (exact) mass is 441 g/mol. The standard InChI is InChI=1S/C25H31NO6/c1-15-23(24-21(28-4)10-16(27-3)11-22(24)29-5)17-12-19-20(31-14-30-19)13-18(17)32-25(15,2)26-8-6-7-9-26/h10-13,15,23H,6-9,14H2,1-5H3/t15-,23-,25?/m0/s1. The van der Waals surface area contributed by atoms with E-state index in [0.717, 1.165) is 53.0 Å². The van der Waals surface area contributed by atoms with Crippen LogP contribution in [-0.2, 0) is 0 Å². The van der Waals surface area contributed by atoms with Gasteiger partial charge in [0.2, 0.25) is 6.79 Å². The predicted octanol–water partition coefficient (Wildman–Crippen LogP) is 4.41. The molecule has 2 aromatic rings. The van der Waals surface area contributed by atoms with Crippen molar-refractivity contribution in [2.45, 2.75) is 38.3 Å².